The van der Waals surface area contributed by atoms with Crippen molar-refractivity contribution in [2.24, 2.45) is 0 Å². The Labute approximate surface area is 138 Å². The van der Waals surface area contributed by atoms with Gasteiger partial charge in [0, 0.05) is 17.2 Å². The molecule has 0 radical (unpaired) electrons. The van der Waals surface area contributed by atoms with Gasteiger partial charge in [-0.2, -0.15) is 13.2 Å². The second-order valence-electron chi connectivity index (χ2n) is 5.16. The molecular weight excluding hydrogens is 355 g/mol. The molecule has 0 saturated heterocycles. The first-order valence-electron chi connectivity index (χ1n) is 6.87. The smallest absolute Gasteiger partial charge is 0.414 e. The average Bonchev–Trinajstić information content (AvgIpc) is 2.93. The van der Waals surface area contributed by atoms with Gasteiger partial charge in [0.2, 0.25) is 0 Å². The summed E-state index contributed by atoms with van der Waals surface area (Å²) < 4.78 is 75.8. The molecule has 2 rings (SSSR count). The maximum absolute atomic E-state index is 14.2. The van der Waals surface area contributed by atoms with Crippen LogP contribution in [-0.2, 0) is 5.92 Å². The zero-order valence-corrected chi connectivity index (χ0v) is 13.6. The van der Waals surface area contributed by atoms with Crippen molar-refractivity contribution in [3.8, 4) is 11.5 Å². The monoisotopic (exact) mass is 370 g/mol. The molecule has 24 heavy (non-hydrogen) atoms. The SMILES string of the molecule is COc1cc2cc(C(F)(F)CCC(O)C(F)(F)F)sc2cc1OC. The molecule has 1 heterocycles. The van der Waals surface area contributed by atoms with Crippen molar-refractivity contribution in [2.75, 3.05) is 14.2 Å². The third-order valence-corrected chi connectivity index (χ3v) is 4.70. The van der Waals surface area contributed by atoms with Gasteiger partial charge in [0.25, 0.3) is 5.92 Å². The molecule has 0 fully saturated rings. The number of halogens is 5. The lowest BCUT2D eigenvalue weighted by Crippen LogP contribution is -2.30. The number of thiophene rings is 1. The van der Waals surface area contributed by atoms with Crippen LogP contribution in [0.15, 0.2) is 18.2 Å². The number of hydrogen-bond acceptors (Lipinski definition) is 4. The normalized spacial score (nSPS) is 14.0. The molecule has 134 valence electrons. The lowest BCUT2D eigenvalue weighted by atomic mass is 10.1. The van der Waals surface area contributed by atoms with Crippen LogP contribution in [0.5, 0.6) is 11.5 Å². The second kappa shape index (κ2) is 6.72. The third-order valence-electron chi connectivity index (χ3n) is 3.49. The molecule has 0 spiro atoms. The summed E-state index contributed by atoms with van der Waals surface area (Å²) in [4.78, 5) is -0.373. The van der Waals surface area contributed by atoms with Crippen molar-refractivity contribution in [1.82, 2.24) is 0 Å². The molecule has 1 unspecified atom stereocenters. The minimum absolute atomic E-state index is 0.366. The van der Waals surface area contributed by atoms with Crippen molar-refractivity contribution in [2.45, 2.75) is 31.0 Å². The van der Waals surface area contributed by atoms with Crippen molar-refractivity contribution in [3.05, 3.63) is 23.1 Å². The standard InChI is InChI=1S/C15H15F5O3S/c1-22-9-5-8-6-13(24-11(8)7-10(9)23-2)14(16,17)4-3-12(21)15(18,19)20/h5-7,12,21H,3-4H2,1-2H3. The fourth-order valence-corrected chi connectivity index (χ4v) is 3.23. The van der Waals surface area contributed by atoms with Gasteiger partial charge in [-0.25, -0.2) is 8.78 Å². The molecule has 0 amide bonds. The van der Waals surface area contributed by atoms with Crippen LogP contribution in [-0.4, -0.2) is 31.6 Å². The van der Waals surface area contributed by atoms with E-state index in [1.54, 1.807) is 0 Å². The van der Waals surface area contributed by atoms with Crippen LogP contribution < -0.4 is 9.47 Å². The molecule has 2 aromatic rings. The summed E-state index contributed by atoms with van der Waals surface area (Å²) in [7, 11) is 2.81. The number of benzene rings is 1. The summed E-state index contributed by atoms with van der Waals surface area (Å²) in [6.07, 6.45) is -9.85. The molecule has 0 aliphatic rings. The Morgan fingerprint density at radius 3 is 2.17 bits per heavy atom. The van der Waals surface area contributed by atoms with Gasteiger partial charge in [0.1, 0.15) is 6.10 Å². The molecule has 0 saturated carbocycles. The Bertz CT molecular complexity index is 670. The van der Waals surface area contributed by atoms with Crippen molar-refractivity contribution < 1.29 is 36.5 Å². The molecular formula is C15H15F5O3S. The van der Waals surface area contributed by atoms with Gasteiger partial charge < -0.3 is 14.6 Å². The van der Waals surface area contributed by atoms with Crippen LogP contribution in [0.4, 0.5) is 22.0 Å². The highest BCUT2D eigenvalue weighted by Gasteiger charge is 2.41. The van der Waals surface area contributed by atoms with E-state index in [0.29, 0.717) is 21.6 Å². The summed E-state index contributed by atoms with van der Waals surface area (Å²) in [5.74, 6) is -2.74. The summed E-state index contributed by atoms with van der Waals surface area (Å²) in [5, 5.41) is 9.36. The van der Waals surface area contributed by atoms with Crippen LogP contribution in [0.3, 0.4) is 0 Å². The molecule has 1 aromatic carbocycles. The van der Waals surface area contributed by atoms with Gasteiger partial charge in [-0.3, -0.25) is 0 Å². The Kier molecular flexibility index (Phi) is 5.24. The van der Waals surface area contributed by atoms with E-state index in [1.165, 1.54) is 32.4 Å². The number of alkyl halides is 5. The average molecular weight is 370 g/mol. The van der Waals surface area contributed by atoms with E-state index in [4.69, 9.17) is 14.6 Å². The van der Waals surface area contributed by atoms with Crippen LogP contribution >= 0.6 is 11.3 Å². The first-order valence-corrected chi connectivity index (χ1v) is 7.69. The first-order chi connectivity index (χ1) is 11.1. The summed E-state index contributed by atoms with van der Waals surface area (Å²) in [5.41, 5.74) is 0. The molecule has 0 bridgehead atoms. The van der Waals surface area contributed by atoms with Crippen LogP contribution in [0.25, 0.3) is 10.1 Å². The number of aliphatic hydroxyl groups is 1. The number of fused-ring (bicyclic) bond motifs is 1. The molecule has 1 atom stereocenters. The quantitative estimate of drug-likeness (QED) is 0.749. The van der Waals surface area contributed by atoms with Crippen LogP contribution in [0, 0.1) is 0 Å². The molecule has 0 aliphatic heterocycles. The second-order valence-corrected chi connectivity index (χ2v) is 6.24. The van der Waals surface area contributed by atoms with E-state index in [2.05, 4.69) is 0 Å². The first kappa shape index (κ1) is 18.7. The topological polar surface area (TPSA) is 38.7 Å². The minimum Gasteiger partial charge on any atom is -0.493 e. The van der Waals surface area contributed by atoms with E-state index in [1.807, 2.05) is 0 Å². The van der Waals surface area contributed by atoms with Gasteiger partial charge in [-0.1, -0.05) is 0 Å². The summed E-state index contributed by atoms with van der Waals surface area (Å²) >= 11 is 0.764. The lowest BCUT2D eigenvalue weighted by Gasteiger charge is -2.18. The third kappa shape index (κ3) is 3.89. The Balaban J connectivity index is 2.27. The van der Waals surface area contributed by atoms with Crippen molar-refractivity contribution in [3.63, 3.8) is 0 Å². The van der Waals surface area contributed by atoms with Gasteiger partial charge >= 0.3 is 6.18 Å². The van der Waals surface area contributed by atoms with Gasteiger partial charge in [0.05, 0.1) is 19.1 Å². The van der Waals surface area contributed by atoms with Crippen LogP contribution in [0.1, 0.15) is 17.7 Å². The number of hydrogen-bond donors (Lipinski definition) is 1. The van der Waals surface area contributed by atoms with E-state index in [0.717, 1.165) is 11.3 Å². The van der Waals surface area contributed by atoms with Crippen molar-refractivity contribution in [1.29, 1.82) is 0 Å². The van der Waals surface area contributed by atoms with Crippen LogP contribution in [0.2, 0.25) is 0 Å². The van der Waals surface area contributed by atoms with E-state index < -0.39 is 31.0 Å². The van der Waals surface area contributed by atoms with E-state index in [-0.39, 0.29) is 4.88 Å². The zero-order valence-electron chi connectivity index (χ0n) is 12.8. The van der Waals surface area contributed by atoms with E-state index in [9.17, 15) is 22.0 Å². The molecule has 1 aromatic heterocycles. The highest BCUT2D eigenvalue weighted by molar-refractivity contribution is 7.19. The van der Waals surface area contributed by atoms with Gasteiger partial charge in [-0.15, -0.1) is 11.3 Å². The zero-order chi connectivity index (χ0) is 18.1. The van der Waals surface area contributed by atoms with Gasteiger partial charge in [0.15, 0.2) is 11.5 Å². The Morgan fingerprint density at radius 2 is 1.62 bits per heavy atom. The number of rotatable bonds is 6. The molecule has 1 N–H and O–H groups in total. The number of methoxy groups -OCH3 is 2. The minimum atomic E-state index is -4.91. The lowest BCUT2D eigenvalue weighted by molar-refractivity contribution is -0.209. The fraction of sp³-hybridized carbons (Fsp3) is 0.467. The predicted molar refractivity (Wildman–Crippen MR) is 80.1 cm³/mol. The highest BCUT2D eigenvalue weighted by atomic mass is 32.1. The molecule has 9 heteroatoms. The van der Waals surface area contributed by atoms with Gasteiger partial charge in [-0.05, 0) is 23.9 Å². The Morgan fingerprint density at radius 1 is 1.04 bits per heavy atom. The Hall–Kier alpha value is -1.61. The summed E-state index contributed by atoms with van der Waals surface area (Å²) in [6, 6.07) is 4.26. The molecule has 3 nitrogen and oxygen atoms in total. The number of aliphatic hydroxyl groups excluding tert-OH is 1. The summed E-state index contributed by atoms with van der Waals surface area (Å²) in [6.45, 7) is 0. The van der Waals surface area contributed by atoms with Crippen molar-refractivity contribution >= 4 is 21.4 Å². The predicted octanol–water partition coefficient (Wildman–Crippen LogP) is 4.71. The maximum Gasteiger partial charge on any atom is 0.414 e. The fourth-order valence-electron chi connectivity index (χ4n) is 2.15. The molecule has 0 aliphatic carbocycles. The maximum atomic E-state index is 14.2. The number of ether oxygens (including phenoxy) is 2. The van der Waals surface area contributed by atoms with E-state index >= 15 is 0 Å². The highest BCUT2D eigenvalue weighted by Crippen LogP contribution is 2.43. The largest absolute Gasteiger partial charge is 0.493 e.